The van der Waals surface area contributed by atoms with Gasteiger partial charge in [0, 0.05) is 30.7 Å². The van der Waals surface area contributed by atoms with Crippen molar-refractivity contribution in [2.45, 2.75) is 38.3 Å². The second-order valence-electron chi connectivity index (χ2n) is 7.68. The van der Waals surface area contributed by atoms with Crippen molar-refractivity contribution in [1.29, 1.82) is 0 Å². The molecule has 126 valence electrons. The molecular weight excluding hydrogens is 304 g/mol. The number of nitrogens with zero attached hydrogens (tertiary/aromatic N) is 2. The lowest BCUT2D eigenvalue weighted by atomic mass is 9.80. The molecule has 3 heterocycles. The van der Waals surface area contributed by atoms with E-state index >= 15 is 0 Å². The standard InChI is InChI=1S/C23H24N2/c1-2-7-20-14-21-10-9-17(13-19(20)6-1)15-25(21)16-23-22-8-4-3-5-18(22)11-12-24-23/h1-8,11-12,17,21H,9-10,13-16H2. The van der Waals surface area contributed by atoms with Gasteiger partial charge >= 0.3 is 0 Å². The maximum Gasteiger partial charge on any atom is 0.0622 e. The van der Waals surface area contributed by atoms with Crippen LogP contribution in [-0.2, 0) is 19.4 Å². The Bertz CT molecular complexity index is 896. The van der Waals surface area contributed by atoms with Gasteiger partial charge in [-0.05, 0) is 54.2 Å². The highest BCUT2D eigenvalue weighted by Gasteiger charge is 2.32. The molecule has 6 rings (SSSR count). The first-order valence-corrected chi connectivity index (χ1v) is 9.50. The third-order valence-corrected chi connectivity index (χ3v) is 6.11. The predicted molar refractivity (Wildman–Crippen MR) is 103 cm³/mol. The Balaban J connectivity index is 1.47. The topological polar surface area (TPSA) is 16.1 Å². The molecule has 1 fully saturated rings. The smallest absolute Gasteiger partial charge is 0.0622 e. The molecule has 0 radical (unpaired) electrons. The summed E-state index contributed by atoms with van der Waals surface area (Å²) in [6.07, 6.45) is 7.09. The van der Waals surface area contributed by atoms with Gasteiger partial charge in [0.25, 0.3) is 0 Å². The first-order chi connectivity index (χ1) is 12.4. The summed E-state index contributed by atoms with van der Waals surface area (Å²) in [5, 5.41) is 2.61. The monoisotopic (exact) mass is 328 g/mol. The van der Waals surface area contributed by atoms with Crippen LogP contribution in [0.4, 0.5) is 0 Å². The second kappa shape index (κ2) is 6.27. The van der Waals surface area contributed by atoms with E-state index in [4.69, 9.17) is 4.98 Å². The summed E-state index contributed by atoms with van der Waals surface area (Å²) in [5.41, 5.74) is 4.38. The van der Waals surface area contributed by atoms with Crippen molar-refractivity contribution in [2.24, 2.45) is 5.92 Å². The van der Waals surface area contributed by atoms with Crippen molar-refractivity contribution in [3.05, 3.63) is 77.6 Å². The predicted octanol–water partition coefficient (Wildman–Crippen LogP) is 4.61. The van der Waals surface area contributed by atoms with Crippen molar-refractivity contribution in [1.82, 2.24) is 9.88 Å². The van der Waals surface area contributed by atoms with E-state index in [9.17, 15) is 0 Å². The zero-order valence-corrected chi connectivity index (χ0v) is 14.6. The van der Waals surface area contributed by atoms with Crippen LogP contribution >= 0.6 is 0 Å². The van der Waals surface area contributed by atoms with Crippen LogP contribution in [0.25, 0.3) is 10.8 Å². The summed E-state index contributed by atoms with van der Waals surface area (Å²) in [4.78, 5) is 7.45. The number of hydrogen-bond acceptors (Lipinski definition) is 2. The summed E-state index contributed by atoms with van der Waals surface area (Å²) >= 11 is 0. The Morgan fingerprint density at radius 3 is 2.60 bits per heavy atom. The molecule has 2 nitrogen and oxygen atoms in total. The Hall–Kier alpha value is -2.19. The quantitative estimate of drug-likeness (QED) is 0.683. The number of hydrogen-bond donors (Lipinski definition) is 0. The second-order valence-corrected chi connectivity index (χ2v) is 7.68. The molecule has 1 aromatic heterocycles. The maximum atomic E-state index is 4.74. The van der Waals surface area contributed by atoms with Crippen molar-refractivity contribution in [2.75, 3.05) is 6.54 Å². The highest BCUT2D eigenvalue weighted by atomic mass is 15.2. The van der Waals surface area contributed by atoms with Gasteiger partial charge in [-0.25, -0.2) is 0 Å². The Morgan fingerprint density at radius 2 is 1.68 bits per heavy atom. The minimum atomic E-state index is 0.651. The lowest BCUT2D eigenvalue weighted by Crippen LogP contribution is -2.46. The minimum Gasteiger partial charge on any atom is -0.294 e. The van der Waals surface area contributed by atoms with Crippen molar-refractivity contribution in [3.8, 4) is 0 Å². The number of aromatic nitrogens is 1. The Morgan fingerprint density at radius 1 is 0.880 bits per heavy atom. The minimum absolute atomic E-state index is 0.651. The van der Waals surface area contributed by atoms with Crippen molar-refractivity contribution >= 4 is 10.8 Å². The fraction of sp³-hybridized carbons (Fsp3) is 0.348. The Labute approximate surface area is 149 Å². The van der Waals surface area contributed by atoms with E-state index in [0.717, 1.165) is 12.5 Å². The largest absolute Gasteiger partial charge is 0.294 e. The molecule has 2 bridgehead atoms. The van der Waals surface area contributed by atoms with E-state index in [1.165, 1.54) is 48.7 Å². The number of benzene rings is 2. The molecule has 2 unspecified atom stereocenters. The van der Waals surface area contributed by atoms with Gasteiger partial charge in [0.05, 0.1) is 5.69 Å². The lowest BCUT2D eigenvalue weighted by Gasteiger charge is -2.42. The summed E-state index contributed by atoms with van der Waals surface area (Å²) in [6, 6.07) is 20.5. The molecule has 3 aliphatic rings. The molecule has 2 atom stereocenters. The van der Waals surface area contributed by atoms with E-state index in [0.29, 0.717) is 6.04 Å². The molecule has 2 aliphatic heterocycles. The van der Waals surface area contributed by atoms with E-state index < -0.39 is 0 Å². The van der Waals surface area contributed by atoms with E-state index in [1.807, 2.05) is 6.20 Å². The Kier molecular flexibility index (Phi) is 3.79. The molecule has 1 saturated heterocycles. The average Bonchev–Trinajstić information content (AvgIpc) is 2.63. The zero-order valence-electron chi connectivity index (χ0n) is 14.6. The van der Waals surface area contributed by atoms with Crippen LogP contribution in [-0.4, -0.2) is 22.5 Å². The van der Waals surface area contributed by atoms with Crippen LogP contribution in [0.1, 0.15) is 29.7 Å². The van der Waals surface area contributed by atoms with Gasteiger partial charge in [0.1, 0.15) is 0 Å². The van der Waals surface area contributed by atoms with Gasteiger partial charge in [-0.15, -0.1) is 0 Å². The zero-order chi connectivity index (χ0) is 16.6. The van der Waals surface area contributed by atoms with Gasteiger partial charge in [-0.3, -0.25) is 9.88 Å². The van der Waals surface area contributed by atoms with Gasteiger partial charge in [-0.2, -0.15) is 0 Å². The third-order valence-electron chi connectivity index (χ3n) is 6.11. The number of rotatable bonds is 2. The van der Waals surface area contributed by atoms with E-state index in [-0.39, 0.29) is 0 Å². The molecule has 3 aromatic rings. The van der Waals surface area contributed by atoms with E-state index in [2.05, 4.69) is 59.5 Å². The summed E-state index contributed by atoms with van der Waals surface area (Å²) in [6.45, 7) is 2.19. The van der Waals surface area contributed by atoms with Crippen LogP contribution in [0.2, 0.25) is 0 Å². The van der Waals surface area contributed by atoms with Crippen LogP contribution in [0.5, 0.6) is 0 Å². The van der Waals surface area contributed by atoms with Gasteiger partial charge in [0.2, 0.25) is 0 Å². The molecule has 1 aliphatic carbocycles. The molecule has 2 aromatic carbocycles. The summed E-state index contributed by atoms with van der Waals surface area (Å²) in [7, 11) is 0. The first-order valence-electron chi connectivity index (χ1n) is 9.50. The highest BCUT2D eigenvalue weighted by molar-refractivity contribution is 5.84. The van der Waals surface area contributed by atoms with Crippen molar-refractivity contribution < 1.29 is 0 Å². The molecule has 0 amide bonds. The van der Waals surface area contributed by atoms with Crippen LogP contribution < -0.4 is 0 Å². The van der Waals surface area contributed by atoms with Crippen LogP contribution in [0.3, 0.4) is 0 Å². The third kappa shape index (κ3) is 2.85. The number of piperidine rings is 1. The molecule has 2 heteroatoms. The fourth-order valence-electron chi connectivity index (χ4n) is 4.80. The number of fused-ring (bicyclic) bond motifs is 3. The molecule has 0 N–H and O–H groups in total. The summed E-state index contributed by atoms with van der Waals surface area (Å²) in [5.74, 6) is 0.785. The molecule has 25 heavy (non-hydrogen) atoms. The molecule has 0 spiro atoms. The lowest BCUT2D eigenvalue weighted by molar-refractivity contribution is 0.0930. The normalized spacial score (nSPS) is 23.2. The van der Waals surface area contributed by atoms with Crippen molar-refractivity contribution in [3.63, 3.8) is 0 Å². The van der Waals surface area contributed by atoms with E-state index in [1.54, 1.807) is 11.1 Å². The fourth-order valence-corrected chi connectivity index (χ4v) is 4.80. The summed E-state index contributed by atoms with van der Waals surface area (Å²) < 4.78 is 0. The first kappa shape index (κ1) is 15.1. The molecular formula is C23H24N2. The highest BCUT2D eigenvalue weighted by Crippen LogP contribution is 2.33. The van der Waals surface area contributed by atoms with Crippen LogP contribution in [0.15, 0.2) is 60.8 Å². The van der Waals surface area contributed by atoms with Crippen LogP contribution in [0, 0.1) is 5.92 Å². The van der Waals surface area contributed by atoms with Gasteiger partial charge in [-0.1, -0.05) is 48.5 Å². The average molecular weight is 328 g/mol. The number of pyridine rings is 1. The molecule has 0 saturated carbocycles. The SMILES string of the molecule is c1ccc2c(c1)CC1CCC(C2)N(Cc2nccc3ccccc23)C1. The van der Waals surface area contributed by atoms with Gasteiger partial charge < -0.3 is 0 Å². The van der Waals surface area contributed by atoms with Gasteiger partial charge in [0.15, 0.2) is 0 Å². The maximum absolute atomic E-state index is 4.74.